The molecule has 0 radical (unpaired) electrons. The van der Waals surface area contributed by atoms with E-state index in [1.165, 1.54) is 10.6 Å². The van der Waals surface area contributed by atoms with Gasteiger partial charge in [-0.3, -0.25) is 4.79 Å². The van der Waals surface area contributed by atoms with Crippen LogP contribution < -0.4 is 39.9 Å². The van der Waals surface area contributed by atoms with Crippen molar-refractivity contribution in [3.8, 4) is 0 Å². The highest BCUT2D eigenvalue weighted by Crippen LogP contribution is 2.53. The molecule has 0 aliphatic rings. The quantitative estimate of drug-likeness (QED) is 0.476. The number of rotatable bonds is 6. The Morgan fingerprint density at radius 1 is 0.926 bits per heavy atom. The molecule has 2 nitrogen and oxygen atoms in total. The van der Waals surface area contributed by atoms with Crippen molar-refractivity contribution in [2.45, 2.75) is 40.7 Å². The predicted molar refractivity (Wildman–Crippen MR) is 116 cm³/mol. The second-order valence-corrected chi connectivity index (χ2v) is 12.4. The van der Waals surface area contributed by atoms with E-state index in [1.54, 1.807) is 0 Å². The number of carbonyl (C=O) groups excluding carboxylic acids is 1. The molecule has 0 aliphatic carbocycles. The fraction of sp³-hybridized carbons (Fsp3) is 0.435. The molecule has 27 heavy (non-hydrogen) atoms. The van der Waals surface area contributed by atoms with Crippen LogP contribution in [0.15, 0.2) is 60.7 Å². The van der Waals surface area contributed by atoms with Gasteiger partial charge in [0.25, 0.3) is 0 Å². The lowest BCUT2D eigenvalue weighted by Gasteiger charge is -2.32. The highest BCUT2D eigenvalue weighted by atomic mass is 127. The van der Waals surface area contributed by atoms with Crippen LogP contribution in [0.5, 0.6) is 0 Å². The first-order chi connectivity index (χ1) is 12.1. The molecule has 0 aromatic heterocycles. The van der Waals surface area contributed by atoms with E-state index in [0.29, 0.717) is 5.92 Å². The van der Waals surface area contributed by atoms with E-state index < -0.39 is 7.26 Å². The molecule has 2 aromatic carbocycles. The fourth-order valence-corrected chi connectivity index (χ4v) is 6.76. The second kappa shape index (κ2) is 10.0. The lowest BCUT2D eigenvalue weighted by Crippen LogP contribution is -3.00. The zero-order valence-electron chi connectivity index (χ0n) is 17.4. The number of halogens is 1. The lowest BCUT2D eigenvalue weighted by molar-refractivity contribution is -0.129. The van der Waals surface area contributed by atoms with Crippen molar-refractivity contribution >= 4 is 23.8 Å². The van der Waals surface area contributed by atoms with Crippen molar-refractivity contribution in [3.63, 3.8) is 0 Å². The Balaban J connectivity index is 0.00000364. The van der Waals surface area contributed by atoms with Crippen LogP contribution in [0.2, 0.25) is 0 Å². The summed E-state index contributed by atoms with van der Waals surface area (Å²) >= 11 is 0. The molecule has 0 saturated carbocycles. The van der Waals surface area contributed by atoms with E-state index in [9.17, 15) is 4.79 Å². The van der Waals surface area contributed by atoms with Gasteiger partial charge in [0, 0.05) is 5.41 Å². The maximum absolute atomic E-state index is 12.6. The Kier molecular flexibility index (Phi) is 8.95. The molecule has 0 aliphatic heterocycles. The maximum atomic E-state index is 12.6. The van der Waals surface area contributed by atoms with E-state index in [2.05, 4.69) is 86.5 Å². The summed E-state index contributed by atoms with van der Waals surface area (Å²) < 4.78 is 0. The van der Waals surface area contributed by atoms with Gasteiger partial charge in [0.2, 0.25) is 5.91 Å². The zero-order chi connectivity index (χ0) is 19.4. The highest BCUT2D eigenvalue weighted by Gasteiger charge is 2.41. The van der Waals surface area contributed by atoms with Crippen LogP contribution in [0.1, 0.15) is 34.6 Å². The maximum Gasteiger partial charge on any atom is 0.225 e. The number of amides is 1. The third-order valence-corrected chi connectivity index (χ3v) is 9.02. The second-order valence-electron chi connectivity index (χ2n) is 8.62. The Labute approximate surface area is 182 Å². The molecule has 0 heterocycles. The van der Waals surface area contributed by atoms with Crippen LogP contribution in [-0.4, -0.2) is 24.8 Å². The average molecular weight is 497 g/mol. The van der Waals surface area contributed by atoms with E-state index in [4.69, 9.17) is 0 Å². The minimum absolute atomic E-state index is 0. The molecule has 1 amide bonds. The molecule has 0 bridgehead atoms. The molecule has 0 unspecified atom stereocenters. The number of benzene rings is 2. The van der Waals surface area contributed by atoms with Crippen molar-refractivity contribution in [2.24, 2.45) is 11.3 Å². The third-order valence-electron chi connectivity index (χ3n) is 5.02. The molecular weight excluding hydrogens is 464 g/mol. The molecule has 0 spiro atoms. The summed E-state index contributed by atoms with van der Waals surface area (Å²) in [4.78, 5) is 12.6. The van der Waals surface area contributed by atoms with Crippen molar-refractivity contribution in [1.82, 2.24) is 5.32 Å². The summed E-state index contributed by atoms with van der Waals surface area (Å²) in [5.74, 6) is 0.511. The first-order valence-corrected chi connectivity index (χ1v) is 11.8. The summed E-state index contributed by atoms with van der Waals surface area (Å²) in [5.41, 5.74) is -0.374. The number of hydrogen-bond acceptors (Lipinski definition) is 1. The summed E-state index contributed by atoms with van der Waals surface area (Å²) in [6.45, 7) is 12.7. The van der Waals surface area contributed by atoms with Crippen LogP contribution >= 0.6 is 7.26 Å². The molecule has 1 N–H and O–H groups in total. The minimum atomic E-state index is -1.61. The summed E-state index contributed by atoms with van der Waals surface area (Å²) in [6, 6.07) is 21.7. The van der Waals surface area contributed by atoms with Crippen LogP contribution in [0, 0.1) is 11.3 Å². The van der Waals surface area contributed by atoms with Gasteiger partial charge in [0.1, 0.15) is 0 Å². The van der Waals surface area contributed by atoms with E-state index >= 15 is 0 Å². The molecule has 2 rings (SSSR count). The monoisotopic (exact) mass is 497 g/mol. The SMILES string of the molecule is CC(C)[C@@H](C[P+](C)(c1ccccc1)c1ccccc1)NC(=O)C(C)(C)C.[I-]. The normalized spacial score (nSPS) is 13.0. The van der Waals surface area contributed by atoms with E-state index in [1.807, 2.05) is 20.8 Å². The summed E-state index contributed by atoms with van der Waals surface area (Å²) in [7, 11) is -1.61. The largest absolute Gasteiger partial charge is 1.00 e. The third kappa shape index (κ3) is 6.29. The van der Waals surface area contributed by atoms with Gasteiger partial charge in [-0.2, -0.15) is 0 Å². The number of hydrogen-bond donors (Lipinski definition) is 1. The molecular formula is C23H33INOP. The van der Waals surface area contributed by atoms with Crippen molar-refractivity contribution < 1.29 is 28.8 Å². The fourth-order valence-electron chi connectivity index (χ4n) is 3.08. The molecule has 4 heteroatoms. The first kappa shape index (κ1) is 24.1. The van der Waals surface area contributed by atoms with Crippen LogP contribution in [0.25, 0.3) is 0 Å². The standard InChI is InChI=1S/C23H32NOP.HI/c1-18(2)21(24-22(25)23(3,4)5)17-26(6,19-13-9-7-10-14-19)20-15-11-8-12-16-20;/h7-16,18,21H,17H2,1-6H3;1H/t21-;/m1./s1. The lowest BCUT2D eigenvalue weighted by atomic mass is 9.94. The Bertz CT molecular complexity index is 671. The summed E-state index contributed by atoms with van der Waals surface area (Å²) in [5, 5.41) is 6.12. The molecule has 148 valence electrons. The van der Waals surface area contributed by atoms with Gasteiger partial charge in [-0.25, -0.2) is 0 Å². The van der Waals surface area contributed by atoms with Crippen molar-refractivity contribution in [2.75, 3.05) is 12.8 Å². The Morgan fingerprint density at radius 2 is 1.33 bits per heavy atom. The van der Waals surface area contributed by atoms with Gasteiger partial charge in [0.15, 0.2) is 0 Å². The van der Waals surface area contributed by atoms with Crippen LogP contribution in [-0.2, 0) is 4.79 Å². The number of nitrogens with one attached hydrogen (secondary N) is 1. The van der Waals surface area contributed by atoms with Gasteiger partial charge < -0.3 is 29.3 Å². The van der Waals surface area contributed by atoms with Gasteiger partial charge in [-0.15, -0.1) is 0 Å². The zero-order valence-corrected chi connectivity index (χ0v) is 20.4. The molecule has 0 saturated heterocycles. The summed E-state index contributed by atoms with van der Waals surface area (Å²) in [6.07, 6.45) is 0.973. The van der Waals surface area contributed by atoms with Gasteiger partial charge >= 0.3 is 0 Å². The number of carbonyl (C=O) groups is 1. The van der Waals surface area contributed by atoms with Crippen molar-refractivity contribution in [3.05, 3.63) is 60.7 Å². The van der Waals surface area contributed by atoms with Gasteiger partial charge in [-0.1, -0.05) is 71.0 Å². The Hall–Kier alpha value is -0.930. The van der Waals surface area contributed by atoms with Gasteiger partial charge in [0.05, 0.1) is 36.7 Å². The first-order valence-electron chi connectivity index (χ1n) is 9.42. The molecule has 2 aromatic rings. The van der Waals surface area contributed by atoms with Crippen molar-refractivity contribution in [1.29, 1.82) is 0 Å². The Morgan fingerprint density at radius 3 is 1.67 bits per heavy atom. The van der Waals surface area contributed by atoms with Gasteiger partial charge in [-0.05, 0) is 30.2 Å². The minimum Gasteiger partial charge on any atom is -1.00 e. The van der Waals surface area contributed by atoms with Crippen LogP contribution in [0.4, 0.5) is 0 Å². The van der Waals surface area contributed by atoms with Crippen LogP contribution in [0.3, 0.4) is 0 Å². The molecule has 0 fully saturated rings. The topological polar surface area (TPSA) is 29.1 Å². The van der Waals surface area contributed by atoms with E-state index in [-0.39, 0.29) is 41.3 Å². The average Bonchev–Trinajstić information content (AvgIpc) is 2.61. The predicted octanol–water partition coefficient (Wildman–Crippen LogP) is 1.48. The van der Waals surface area contributed by atoms with E-state index in [0.717, 1.165) is 6.16 Å². The molecule has 1 atom stereocenters. The highest BCUT2D eigenvalue weighted by molar-refractivity contribution is 7.89. The smallest absolute Gasteiger partial charge is 0.225 e.